The number of hydrogen-bond donors (Lipinski definition) is 1. The van der Waals surface area contributed by atoms with Crippen molar-refractivity contribution in [1.29, 1.82) is 0 Å². The molecule has 0 spiro atoms. The van der Waals surface area contributed by atoms with Crippen molar-refractivity contribution < 1.29 is 9.53 Å². The van der Waals surface area contributed by atoms with Crippen molar-refractivity contribution in [3.8, 4) is 11.4 Å². The molecule has 2 heterocycles. The van der Waals surface area contributed by atoms with Crippen LogP contribution in [0.3, 0.4) is 0 Å². The molecule has 0 unspecified atom stereocenters. The fourth-order valence-electron chi connectivity index (χ4n) is 1.91. The van der Waals surface area contributed by atoms with Crippen LogP contribution < -0.4 is 10.1 Å². The third-order valence-corrected chi connectivity index (χ3v) is 3.05. The molecule has 7 heteroatoms. The maximum Gasteiger partial charge on any atom is 0.258 e. The van der Waals surface area contributed by atoms with E-state index in [1.807, 2.05) is 30.3 Å². The molecule has 116 valence electrons. The summed E-state index contributed by atoms with van der Waals surface area (Å²) in [7, 11) is 0. The van der Waals surface area contributed by atoms with Crippen LogP contribution in [-0.2, 0) is 11.3 Å². The first kappa shape index (κ1) is 14.7. The zero-order valence-electron chi connectivity index (χ0n) is 12.3. The van der Waals surface area contributed by atoms with Crippen LogP contribution in [-0.4, -0.2) is 32.5 Å². The van der Waals surface area contributed by atoms with Crippen molar-refractivity contribution in [2.24, 2.45) is 0 Å². The van der Waals surface area contributed by atoms with Gasteiger partial charge in [-0.05, 0) is 24.3 Å². The van der Waals surface area contributed by atoms with Crippen molar-refractivity contribution in [2.75, 3.05) is 6.61 Å². The van der Waals surface area contributed by atoms with E-state index in [9.17, 15) is 4.79 Å². The Morgan fingerprint density at radius 3 is 2.70 bits per heavy atom. The predicted molar refractivity (Wildman–Crippen MR) is 82.9 cm³/mol. The van der Waals surface area contributed by atoms with Crippen molar-refractivity contribution in [1.82, 2.24) is 25.3 Å². The molecule has 0 bridgehead atoms. The molecule has 0 atom stereocenters. The Balaban J connectivity index is 1.49. The largest absolute Gasteiger partial charge is 0.484 e. The highest BCUT2D eigenvalue weighted by molar-refractivity contribution is 5.77. The molecule has 0 saturated heterocycles. The number of benzene rings is 1. The van der Waals surface area contributed by atoms with E-state index in [1.54, 1.807) is 35.4 Å². The number of hydrogen-bond acceptors (Lipinski definition) is 5. The Bertz CT molecular complexity index is 758. The van der Waals surface area contributed by atoms with Gasteiger partial charge in [0.1, 0.15) is 11.4 Å². The van der Waals surface area contributed by atoms with Gasteiger partial charge >= 0.3 is 0 Å². The van der Waals surface area contributed by atoms with Gasteiger partial charge in [-0.25, -0.2) is 4.68 Å². The number of rotatable bonds is 6. The first-order valence-electron chi connectivity index (χ1n) is 7.07. The van der Waals surface area contributed by atoms with Crippen LogP contribution in [0.25, 0.3) is 5.69 Å². The summed E-state index contributed by atoms with van der Waals surface area (Å²) in [6, 6.07) is 12.8. The highest BCUT2D eigenvalue weighted by Gasteiger charge is 2.06. The summed E-state index contributed by atoms with van der Waals surface area (Å²) in [5.74, 6) is 0.443. The van der Waals surface area contributed by atoms with E-state index in [-0.39, 0.29) is 12.5 Å². The average molecular weight is 309 g/mol. The van der Waals surface area contributed by atoms with Crippen molar-refractivity contribution in [3.63, 3.8) is 0 Å². The monoisotopic (exact) mass is 309 g/mol. The van der Waals surface area contributed by atoms with Gasteiger partial charge in [-0.3, -0.25) is 9.78 Å². The van der Waals surface area contributed by atoms with Gasteiger partial charge in [0.2, 0.25) is 0 Å². The van der Waals surface area contributed by atoms with E-state index in [1.165, 1.54) is 0 Å². The van der Waals surface area contributed by atoms with Gasteiger partial charge in [-0.15, -0.1) is 5.10 Å². The van der Waals surface area contributed by atoms with E-state index in [0.29, 0.717) is 18.0 Å². The summed E-state index contributed by atoms with van der Waals surface area (Å²) in [6.45, 7) is 0.255. The zero-order valence-corrected chi connectivity index (χ0v) is 12.3. The molecule has 23 heavy (non-hydrogen) atoms. The smallest absolute Gasteiger partial charge is 0.258 e. The quantitative estimate of drug-likeness (QED) is 0.743. The molecule has 1 amide bonds. The number of pyridine rings is 1. The van der Waals surface area contributed by atoms with E-state index >= 15 is 0 Å². The zero-order chi connectivity index (χ0) is 15.9. The molecule has 1 N–H and O–H groups in total. The van der Waals surface area contributed by atoms with E-state index in [4.69, 9.17) is 4.74 Å². The highest BCUT2D eigenvalue weighted by atomic mass is 16.5. The minimum absolute atomic E-state index is 0.0392. The summed E-state index contributed by atoms with van der Waals surface area (Å²) in [6.07, 6.45) is 5.12. The molecule has 7 nitrogen and oxygen atoms in total. The first-order valence-corrected chi connectivity index (χ1v) is 7.07. The van der Waals surface area contributed by atoms with Crippen molar-refractivity contribution in [3.05, 3.63) is 66.7 Å². The maximum atomic E-state index is 11.8. The molecule has 1 aromatic carbocycles. The Morgan fingerprint density at radius 2 is 1.91 bits per heavy atom. The van der Waals surface area contributed by atoms with Crippen LogP contribution >= 0.6 is 0 Å². The standard InChI is InChI=1S/C16H15N5O2/c22-16(12-23-15-4-2-1-3-5-15)18-10-13-11-21(20-19-13)14-6-8-17-9-7-14/h1-9,11H,10,12H2,(H,18,22). The van der Waals surface area contributed by atoms with Gasteiger partial charge in [0, 0.05) is 12.4 Å². The predicted octanol–water partition coefficient (Wildman–Crippen LogP) is 1.36. The molecule has 0 aliphatic rings. The fraction of sp³-hybridized carbons (Fsp3) is 0.125. The number of aromatic nitrogens is 4. The van der Waals surface area contributed by atoms with Gasteiger partial charge in [0.25, 0.3) is 5.91 Å². The SMILES string of the molecule is O=C(COc1ccccc1)NCc1cn(-c2ccncc2)nn1. The Morgan fingerprint density at radius 1 is 1.13 bits per heavy atom. The lowest BCUT2D eigenvalue weighted by Gasteiger charge is -2.05. The average Bonchev–Trinajstić information content (AvgIpc) is 3.09. The molecule has 0 radical (unpaired) electrons. The van der Waals surface area contributed by atoms with Crippen LogP contribution in [0.2, 0.25) is 0 Å². The van der Waals surface area contributed by atoms with Crippen LogP contribution in [0.1, 0.15) is 5.69 Å². The van der Waals surface area contributed by atoms with Crippen molar-refractivity contribution in [2.45, 2.75) is 6.54 Å². The fourth-order valence-corrected chi connectivity index (χ4v) is 1.91. The number of amides is 1. The third kappa shape index (κ3) is 4.13. The molecule has 0 aliphatic carbocycles. The van der Waals surface area contributed by atoms with Gasteiger partial charge < -0.3 is 10.1 Å². The van der Waals surface area contributed by atoms with E-state index < -0.39 is 0 Å². The van der Waals surface area contributed by atoms with Gasteiger partial charge in [-0.2, -0.15) is 0 Å². The van der Waals surface area contributed by atoms with Crippen LogP contribution in [0.15, 0.2) is 61.1 Å². The molecule has 0 fully saturated rings. The lowest BCUT2D eigenvalue weighted by atomic mass is 10.3. The summed E-state index contributed by atoms with van der Waals surface area (Å²) in [5, 5.41) is 10.8. The Kier molecular flexibility index (Phi) is 4.58. The second kappa shape index (κ2) is 7.17. The number of para-hydroxylation sites is 1. The summed E-state index contributed by atoms with van der Waals surface area (Å²) >= 11 is 0. The molecule has 0 aliphatic heterocycles. The molecular weight excluding hydrogens is 294 g/mol. The number of carbonyl (C=O) groups is 1. The van der Waals surface area contributed by atoms with E-state index in [2.05, 4.69) is 20.6 Å². The van der Waals surface area contributed by atoms with E-state index in [0.717, 1.165) is 5.69 Å². The Hall–Kier alpha value is -3.22. The summed E-state index contributed by atoms with van der Waals surface area (Å²) in [4.78, 5) is 15.7. The topological polar surface area (TPSA) is 81.9 Å². The minimum atomic E-state index is -0.215. The normalized spacial score (nSPS) is 10.3. The van der Waals surface area contributed by atoms with Crippen molar-refractivity contribution >= 4 is 5.91 Å². The summed E-state index contributed by atoms with van der Waals surface area (Å²) in [5.41, 5.74) is 1.52. The molecular formula is C16H15N5O2. The number of nitrogens with one attached hydrogen (secondary N) is 1. The second-order valence-corrected chi connectivity index (χ2v) is 4.74. The van der Waals surface area contributed by atoms with Crippen LogP contribution in [0.5, 0.6) is 5.75 Å². The van der Waals surface area contributed by atoms with Crippen LogP contribution in [0, 0.1) is 0 Å². The number of ether oxygens (including phenoxy) is 1. The molecule has 2 aromatic heterocycles. The highest BCUT2D eigenvalue weighted by Crippen LogP contribution is 2.07. The molecule has 0 saturated carbocycles. The third-order valence-electron chi connectivity index (χ3n) is 3.05. The second-order valence-electron chi connectivity index (χ2n) is 4.74. The Labute approximate surface area is 132 Å². The molecule has 3 rings (SSSR count). The number of carbonyl (C=O) groups excluding carboxylic acids is 1. The first-order chi connectivity index (χ1) is 11.3. The van der Waals surface area contributed by atoms with Gasteiger partial charge in [0.05, 0.1) is 18.4 Å². The molecule has 3 aromatic rings. The van der Waals surface area contributed by atoms with Crippen LogP contribution in [0.4, 0.5) is 0 Å². The summed E-state index contributed by atoms with van der Waals surface area (Å²) < 4.78 is 7.00. The van der Waals surface area contributed by atoms with Gasteiger partial charge in [-0.1, -0.05) is 23.4 Å². The lowest BCUT2D eigenvalue weighted by molar-refractivity contribution is -0.123. The minimum Gasteiger partial charge on any atom is -0.484 e. The lowest BCUT2D eigenvalue weighted by Crippen LogP contribution is -2.28. The van der Waals surface area contributed by atoms with Gasteiger partial charge in [0.15, 0.2) is 6.61 Å². The number of nitrogens with zero attached hydrogens (tertiary/aromatic N) is 4. The maximum absolute atomic E-state index is 11.8.